The third kappa shape index (κ3) is 5.56. The second-order valence-electron chi connectivity index (χ2n) is 9.34. The van der Waals surface area contributed by atoms with Crippen LogP contribution in [0.25, 0.3) is 0 Å². The van der Waals surface area contributed by atoms with Crippen LogP contribution >= 0.6 is 0 Å². The summed E-state index contributed by atoms with van der Waals surface area (Å²) >= 11 is 0. The lowest BCUT2D eigenvalue weighted by atomic mass is 9.93. The van der Waals surface area contributed by atoms with E-state index in [1.807, 2.05) is 59.7 Å². The number of rotatable bonds is 4. The van der Waals surface area contributed by atoms with Crippen LogP contribution in [0.2, 0.25) is 0 Å². The van der Waals surface area contributed by atoms with Crippen molar-refractivity contribution >= 4 is 11.8 Å². The first-order chi connectivity index (χ1) is 12.0. The zero-order valence-corrected chi connectivity index (χ0v) is 16.9. The zero-order chi connectivity index (χ0) is 19.5. The number of carbonyl (C=O) groups is 2. The first-order valence-corrected chi connectivity index (χ1v) is 9.35. The van der Waals surface area contributed by atoms with Crippen LogP contribution in [0.3, 0.4) is 0 Å². The number of nitrogens with one attached hydrogen (secondary N) is 2. The second-order valence-corrected chi connectivity index (χ2v) is 9.34. The third-order valence-electron chi connectivity index (χ3n) is 4.64. The third-order valence-corrected chi connectivity index (χ3v) is 4.64. The first kappa shape index (κ1) is 20.4. The molecule has 144 valence electrons. The normalized spacial score (nSPS) is 21.5. The van der Waals surface area contributed by atoms with Gasteiger partial charge in [0.2, 0.25) is 11.8 Å². The quantitative estimate of drug-likeness (QED) is 0.869. The number of nitrogens with zero attached hydrogens (tertiary/aromatic N) is 1. The van der Waals surface area contributed by atoms with Crippen LogP contribution < -0.4 is 10.6 Å². The average molecular weight is 360 g/mol. The highest BCUT2D eigenvalue weighted by Gasteiger charge is 2.38. The molecular formula is C21H33N3O2. The predicted octanol–water partition coefficient (Wildman–Crippen LogP) is 2.56. The number of hydrogen-bond acceptors (Lipinski definition) is 3. The summed E-state index contributed by atoms with van der Waals surface area (Å²) in [5.41, 5.74) is 0.327. The van der Waals surface area contributed by atoms with E-state index in [4.69, 9.17) is 0 Å². The molecule has 1 heterocycles. The largest absolute Gasteiger partial charge is 0.350 e. The molecule has 0 spiro atoms. The predicted molar refractivity (Wildman–Crippen MR) is 104 cm³/mol. The molecule has 1 aromatic carbocycles. The van der Waals surface area contributed by atoms with Crippen LogP contribution in [-0.2, 0) is 16.1 Å². The van der Waals surface area contributed by atoms with Gasteiger partial charge in [0.05, 0.1) is 12.1 Å². The van der Waals surface area contributed by atoms with Crippen molar-refractivity contribution in [2.75, 3.05) is 13.1 Å². The van der Waals surface area contributed by atoms with Crippen molar-refractivity contribution in [1.82, 2.24) is 15.5 Å². The molecule has 1 aliphatic rings. The molecule has 5 nitrogen and oxygen atoms in total. The molecule has 0 unspecified atom stereocenters. The van der Waals surface area contributed by atoms with Gasteiger partial charge in [-0.3, -0.25) is 14.5 Å². The van der Waals surface area contributed by atoms with E-state index in [-0.39, 0.29) is 23.9 Å². The summed E-state index contributed by atoms with van der Waals surface area (Å²) in [5, 5.41) is 6.29. The molecule has 2 amide bonds. The van der Waals surface area contributed by atoms with Crippen molar-refractivity contribution < 1.29 is 9.59 Å². The second kappa shape index (κ2) is 7.78. The van der Waals surface area contributed by atoms with Gasteiger partial charge < -0.3 is 10.6 Å². The van der Waals surface area contributed by atoms with Gasteiger partial charge in [-0.05, 0) is 5.56 Å². The summed E-state index contributed by atoms with van der Waals surface area (Å²) in [6.45, 7) is 13.7. The molecule has 0 bridgehead atoms. The number of carbonyl (C=O) groups excluding carboxylic acids is 2. The molecule has 0 saturated carbocycles. The minimum Gasteiger partial charge on any atom is -0.350 e. The van der Waals surface area contributed by atoms with Crippen LogP contribution in [0.15, 0.2) is 30.3 Å². The van der Waals surface area contributed by atoms with E-state index in [2.05, 4.69) is 27.7 Å². The maximum Gasteiger partial charge on any atom is 0.225 e. The van der Waals surface area contributed by atoms with Crippen LogP contribution in [-0.4, -0.2) is 41.9 Å². The summed E-state index contributed by atoms with van der Waals surface area (Å²) < 4.78 is 0. The van der Waals surface area contributed by atoms with Gasteiger partial charge in [-0.25, -0.2) is 0 Å². The Kier molecular flexibility index (Phi) is 6.12. The monoisotopic (exact) mass is 359 g/mol. The number of benzene rings is 1. The number of likely N-dealkylation sites (tertiary alicyclic amines) is 1. The Bertz CT molecular complexity index is 593. The number of hydrogen-bond donors (Lipinski definition) is 2. The summed E-state index contributed by atoms with van der Waals surface area (Å²) in [5.74, 6) is 0.0261. The van der Waals surface area contributed by atoms with Gasteiger partial charge in [0, 0.05) is 30.5 Å². The Morgan fingerprint density at radius 3 is 1.69 bits per heavy atom. The highest BCUT2D eigenvalue weighted by atomic mass is 16.2. The van der Waals surface area contributed by atoms with Gasteiger partial charge in [-0.15, -0.1) is 0 Å². The zero-order valence-electron chi connectivity index (χ0n) is 16.9. The van der Waals surface area contributed by atoms with E-state index >= 15 is 0 Å². The fourth-order valence-electron chi connectivity index (χ4n) is 2.92. The Hall–Kier alpha value is -1.88. The Morgan fingerprint density at radius 1 is 0.885 bits per heavy atom. The van der Waals surface area contributed by atoms with Crippen molar-refractivity contribution in [1.29, 1.82) is 0 Å². The van der Waals surface area contributed by atoms with E-state index in [0.717, 1.165) is 19.6 Å². The molecule has 0 aromatic heterocycles. The highest BCUT2D eigenvalue weighted by molar-refractivity contribution is 5.83. The minimum absolute atomic E-state index is 0.0130. The molecule has 2 rings (SSSR count). The molecule has 0 radical (unpaired) electrons. The van der Waals surface area contributed by atoms with Crippen molar-refractivity contribution in [2.24, 2.45) is 10.8 Å². The number of amides is 2. The van der Waals surface area contributed by atoms with Gasteiger partial charge in [0.25, 0.3) is 0 Å². The molecule has 1 fully saturated rings. The molecule has 1 aromatic rings. The molecule has 1 aliphatic heterocycles. The highest BCUT2D eigenvalue weighted by Crippen LogP contribution is 2.20. The SMILES string of the molecule is CC(C)(C)C(=O)N[C@H]1CN(Cc2ccccc2)C[C@@H]1NC(=O)C(C)(C)C. The lowest BCUT2D eigenvalue weighted by Crippen LogP contribution is -2.54. The Labute approximate surface area is 157 Å². The van der Waals surface area contributed by atoms with E-state index in [1.54, 1.807) is 0 Å². The maximum atomic E-state index is 12.5. The fraction of sp³-hybridized carbons (Fsp3) is 0.619. The van der Waals surface area contributed by atoms with Crippen molar-refractivity contribution in [2.45, 2.75) is 60.2 Å². The van der Waals surface area contributed by atoms with Crippen LogP contribution in [0.5, 0.6) is 0 Å². The van der Waals surface area contributed by atoms with Crippen molar-refractivity contribution in [3.63, 3.8) is 0 Å². The van der Waals surface area contributed by atoms with E-state index < -0.39 is 10.8 Å². The lowest BCUT2D eigenvalue weighted by molar-refractivity contribution is -0.131. The van der Waals surface area contributed by atoms with E-state index in [0.29, 0.717) is 0 Å². The molecule has 2 atom stereocenters. The molecule has 5 heteroatoms. The molecule has 1 saturated heterocycles. The summed E-state index contributed by atoms with van der Waals surface area (Å²) in [7, 11) is 0. The summed E-state index contributed by atoms with van der Waals surface area (Å²) in [6, 6.07) is 10.1. The van der Waals surface area contributed by atoms with Crippen LogP contribution in [0.1, 0.15) is 47.1 Å². The topological polar surface area (TPSA) is 61.4 Å². The molecule has 2 N–H and O–H groups in total. The molecule has 26 heavy (non-hydrogen) atoms. The molecule has 0 aliphatic carbocycles. The first-order valence-electron chi connectivity index (χ1n) is 9.35. The Balaban J connectivity index is 2.09. The summed E-state index contributed by atoms with van der Waals surface area (Å²) in [4.78, 5) is 27.2. The summed E-state index contributed by atoms with van der Waals surface area (Å²) in [6.07, 6.45) is 0. The van der Waals surface area contributed by atoms with Crippen LogP contribution in [0, 0.1) is 10.8 Å². The minimum atomic E-state index is -0.453. The van der Waals surface area contributed by atoms with Gasteiger partial charge >= 0.3 is 0 Å². The van der Waals surface area contributed by atoms with Crippen molar-refractivity contribution in [3.8, 4) is 0 Å². The fourth-order valence-corrected chi connectivity index (χ4v) is 2.92. The molecular weight excluding hydrogens is 326 g/mol. The smallest absolute Gasteiger partial charge is 0.225 e. The standard InChI is InChI=1S/C21H33N3O2/c1-20(2,3)18(25)22-16-13-24(12-15-10-8-7-9-11-15)14-17(16)23-19(26)21(4,5)6/h7-11,16-17H,12-14H2,1-6H3,(H,22,25)(H,23,26)/t16-,17-/m0/s1. The van der Waals surface area contributed by atoms with Gasteiger partial charge in [0.15, 0.2) is 0 Å². The van der Waals surface area contributed by atoms with E-state index in [1.165, 1.54) is 5.56 Å². The Morgan fingerprint density at radius 2 is 1.31 bits per heavy atom. The van der Waals surface area contributed by atoms with Crippen molar-refractivity contribution in [3.05, 3.63) is 35.9 Å². The van der Waals surface area contributed by atoms with Gasteiger partial charge in [0.1, 0.15) is 0 Å². The van der Waals surface area contributed by atoms with Gasteiger partial charge in [-0.1, -0.05) is 71.9 Å². The maximum absolute atomic E-state index is 12.5. The lowest BCUT2D eigenvalue weighted by Gasteiger charge is -2.27. The van der Waals surface area contributed by atoms with Gasteiger partial charge in [-0.2, -0.15) is 0 Å². The van der Waals surface area contributed by atoms with E-state index in [9.17, 15) is 9.59 Å². The van der Waals surface area contributed by atoms with Crippen LogP contribution in [0.4, 0.5) is 0 Å². The average Bonchev–Trinajstić information content (AvgIpc) is 2.87.